The molecule has 3 rings (SSSR count). The van der Waals surface area contributed by atoms with Gasteiger partial charge in [0.15, 0.2) is 19.3 Å². The summed E-state index contributed by atoms with van der Waals surface area (Å²) in [7, 11) is 1.88. The lowest BCUT2D eigenvalue weighted by atomic mass is 9.79. The minimum absolute atomic E-state index is 0.0857. The van der Waals surface area contributed by atoms with Crippen molar-refractivity contribution in [3.8, 4) is 0 Å². The molecule has 0 aliphatic rings. The van der Waals surface area contributed by atoms with Gasteiger partial charge in [0.05, 0.1) is 5.56 Å². The van der Waals surface area contributed by atoms with Crippen molar-refractivity contribution in [2.24, 2.45) is 5.41 Å². The van der Waals surface area contributed by atoms with Crippen LogP contribution in [0.4, 0.5) is 0 Å². The summed E-state index contributed by atoms with van der Waals surface area (Å²) in [6.45, 7) is 3.95. The minimum Gasteiger partial charge on any atom is -0.344 e. The Kier molecular flexibility index (Phi) is 3.57. The molecule has 1 N–H and O–H groups in total. The number of carbonyl (C=O) groups is 1. The molecule has 0 aliphatic heterocycles. The van der Waals surface area contributed by atoms with E-state index in [-0.39, 0.29) is 5.78 Å². The number of hydrogen-bond acceptors (Lipinski definition) is 3. The Hall–Kier alpha value is -2.43. The number of benzene rings is 1. The summed E-state index contributed by atoms with van der Waals surface area (Å²) in [6.07, 6.45) is 4.11. The van der Waals surface area contributed by atoms with Gasteiger partial charge in [0.25, 0.3) is 0 Å². The number of nitrogens with one attached hydrogen (secondary N) is 1. The summed E-state index contributed by atoms with van der Waals surface area (Å²) in [5.74, 6) is 0.0857. The fourth-order valence-electron chi connectivity index (χ4n) is 2.70. The average molecular weight is 291 g/mol. The lowest BCUT2D eigenvalue weighted by Gasteiger charge is -2.22. The van der Waals surface area contributed by atoms with E-state index in [1.165, 1.54) is 0 Å². The second-order valence-electron chi connectivity index (χ2n) is 6.29. The molecule has 22 heavy (non-hydrogen) atoms. The van der Waals surface area contributed by atoms with Crippen LogP contribution in [0.2, 0.25) is 0 Å². The number of fused-ring (bicyclic) bond motifs is 1. The third-order valence-electron chi connectivity index (χ3n) is 3.85. The summed E-state index contributed by atoms with van der Waals surface area (Å²) in [4.78, 5) is 24.7. The lowest BCUT2D eigenvalue weighted by molar-refractivity contribution is 0.0839. The second-order valence-corrected chi connectivity index (χ2v) is 6.29. The first-order valence-corrected chi connectivity index (χ1v) is 7.37. The Morgan fingerprint density at radius 2 is 2.00 bits per heavy atom. The highest BCUT2D eigenvalue weighted by molar-refractivity contribution is 6.31. The van der Waals surface area contributed by atoms with Gasteiger partial charge >= 0.3 is 0 Å². The van der Waals surface area contributed by atoms with E-state index in [1.54, 1.807) is 12.4 Å². The highest BCUT2D eigenvalue weighted by atomic mass is 16.1. The Morgan fingerprint density at radius 3 is 2.73 bits per heavy atom. The molecule has 0 spiro atoms. The molecule has 0 amide bonds. The van der Waals surface area contributed by atoms with Gasteiger partial charge in [-0.3, -0.25) is 9.78 Å². The second kappa shape index (κ2) is 5.41. The molecule has 0 atom stereocenters. The van der Waals surface area contributed by atoms with Crippen molar-refractivity contribution in [1.82, 2.24) is 15.0 Å². The highest BCUT2D eigenvalue weighted by Gasteiger charge is 2.31. The van der Waals surface area contributed by atoms with E-state index < -0.39 is 5.41 Å². The number of aromatic nitrogens is 3. The fraction of sp³-hybridized carbons (Fsp3) is 0.235. The van der Waals surface area contributed by atoms with Crippen LogP contribution in [0.25, 0.3) is 11.2 Å². The van der Waals surface area contributed by atoms with Crippen LogP contribution in [0.15, 0.2) is 42.7 Å². The van der Waals surface area contributed by atoms with E-state index in [4.69, 9.17) is 0 Å². The third-order valence-corrected chi connectivity index (χ3v) is 3.85. The molecule has 0 aliphatic carbocycles. The number of aromatic amines is 1. The zero-order chi connectivity index (χ0) is 15.7. The van der Waals surface area contributed by atoms with Crippen LogP contribution in [-0.2, 0) is 6.42 Å². The van der Waals surface area contributed by atoms with Crippen LogP contribution in [-0.4, -0.2) is 28.6 Å². The molecular formula is C17H18BN3O. The van der Waals surface area contributed by atoms with Crippen molar-refractivity contribution in [2.45, 2.75) is 20.3 Å². The summed E-state index contributed by atoms with van der Waals surface area (Å²) >= 11 is 0. The Labute approximate surface area is 130 Å². The molecule has 0 saturated carbocycles. The number of rotatable bonds is 4. The SMILES string of the molecule is Bc1cnc2[nH]cc(C(=O)C(C)(C)Cc3ccccc3)c2n1. The molecule has 2 heterocycles. The topological polar surface area (TPSA) is 58.6 Å². The lowest BCUT2D eigenvalue weighted by Crippen LogP contribution is -2.27. The molecule has 0 unspecified atom stereocenters. The van der Waals surface area contributed by atoms with Gasteiger partial charge in [-0.2, -0.15) is 0 Å². The predicted molar refractivity (Wildman–Crippen MR) is 90.3 cm³/mol. The Morgan fingerprint density at radius 1 is 1.27 bits per heavy atom. The first-order valence-electron chi connectivity index (χ1n) is 7.37. The van der Waals surface area contributed by atoms with Crippen LogP contribution < -0.4 is 5.59 Å². The number of H-pyrrole nitrogens is 1. The number of hydrogen-bond donors (Lipinski definition) is 1. The van der Waals surface area contributed by atoms with Crippen molar-refractivity contribution >= 4 is 30.4 Å². The van der Waals surface area contributed by atoms with Crippen molar-refractivity contribution in [3.05, 3.63) is 53.9 Å². The van der Waals surface area contributed by atoms with Crippen molar-refractivity contribution in [2.75, 3.05) is 0 Å². The first kappa shape index (κ1) is 14.5. The maximum Gasteiger partial charge on any atom is 0.172 e. The number of carbonyl (C=O) groups excluding carboxylic acids is 1. The summed E-state index contributed by atoms with van der Waals surface area (Å²) in [5, 5.41) is 0. The number of Topliss-reactive ketones (excluding diaryl/α,β-unsaturated/α-hetero) is 1. The molecular weight excluding hydrogens is 273 g/mol. The van der Waals surface area contributed by atoms with E-state index in [0.29, 0.717) is 23.1 Å². The van der Waals surface area contributed by atoms with Crippen LogP contribution in [0.1, 0.15) is 29.8 Å². The van der Waals surface area contributed by atoms with Gasteiger partial charge in [-0.05, 0) is 12.0 Å². The highest BCUT2D eigenvalue weighted by Crippen LogP contribution is 2.29. The molecule has 0 saturated heterocycles. The van der Waals surface area contributed by atoms with E-state index in [0.717, 1.165) is 11.2 Å². The summed E-state index contributed by atoms with van der Waals surface area (Å²) in [5.41, 5.74) is 3.40. The van der Waals surface area contributed by atoms with E-state index >= 15 is 0 Å². The molecule has 3 aromatic rings. The third kappa shape index (κ3) is 2.66. The maximum absolute atomic E-state index is 13.0. The van der Waals surface area contributed by atoms with Crippen LogP contribution in [0, 0.1) is 5.41 Å². The normalized spacial score (nSPS) is 11.7. The zero-order valence-corrected chi connectivity index (χ0v) is 13.1. The van der Waals surface area contributed by atoms with Gasteiger partial charge < -0.3 is 4.98 Å². The van der Waals surface area contributed by atoms with Gasteiger partial charge in [0.1, 0.15) is 5.52 Å². The summed E-state index contributed by atoms with van der Waals surface area (Å²) < 4.78 is 0. The van der Waals surface area contributed by atoms with Gasteiger partial charge in [-0.25, -0.2) is 4.98 Å². The summed E-state index contributed by atoms with van der Waals surface area (Å²) in [6, 6.07) is 10.1. The van der Waals surface area contributed by atoms with E-state index in [9.17, 15) is 4.79 Å². The molecule has 0 radical (unpaired) electrons. The first-order chi connectivity index (χ1) is 10.5. The molecule has 0 bridgehead atoms. The number of nitrogens with zero attached hydrogens (tertiary/aromatic N) is 2. The standard InChI is InChI=1S/C17H18BN3O/c1-17(2,8-11-6-4-3-5-7-11)15(22)12-9-19-16-14(12)21-13(18)10-20-16/h3-7,9-10H,8,18H2,1-2H3,(H,19,20). The van der Waals surface area contributed by atoms with Crippen LogP contribution in [0.3, 0.4) is 0 Å². The van der Waals surface area contributed by atoms with E-state index in [1.807, 2.05) is 52.0 Å². The molecule has 2 aromatic heterocycles. The predicted octanol–water partition coefficient (Wildman–Crippen LogP) is 1.67. The van der Waals surface area contributed by atoms with Gasteiger partial charge in [-0.15, -0.1) is 0 Å². The van der Waals surface area contributed by atoms with Crippen molar-refractivity contribution < 1.29 is 4.79 Å². The van der Waals surface area contributed by atoms with Crippen molar-refractivity contribution in [1.29, 1.82) is 0 Å². The van der Waals surface area contributed by atoms with Gasteiger partial charge in [-0.1, -0.05) is 44.2 Å². The van der Waals surface area contributed by atoms with Crippen LogP contribution in [0.5, 0.6) is 0 Å². The average Bonchev–Trinajstić information content (AvgIpc) is 2.89. The smallest absolute Gasteiger partial charge is 0.172 e. The molecule has 0 fully saturated rings. The molecule has 4 nitrogen and oxygen atoms in total. The largest absolute Gasteiger partial charge is 0.344 e. The quantitative estimate of drug-likeness (QED) is 0.587. The molecule has 1 aromatic carbocycles. The molecule has 5 heteroatoms. The van der Waals surface area contributed by atoms with E-state index in [2.05, 4.69) is 15.0 Å². The monoisotopic (exact) mass is 291 g/mol. The van der Waals surface area contributed by atoms with Gasteiger partial charge in [0.2, 0.25) is 0 Å². The minimum atomic E-state index is -0.498. The zero-order valence-electron chi connectivity index (χ0n) is 13.1. The Bertz CT molecular complexity index is 824. The number of ketones is 1. The molecule has 110 valence electrons. The Balaban J connectivity index is 1.96. The fourth-order valence-corrected chi connectivity index (χ4v) is 2.70. The van der Waals surface area contributed by atoms with Crippen LogP contribution >= 0.6 is 0 Å². The van der Waals surface area contributed by atoms with Crippen molar-refractivity contribution in [3.63, 3.8) is 0 Å². The van der Waals surface area contributed by atoms with Gasteiger partial charge in [0, 0.05) is 23.4 Å². The maximum atomic E-state index is 13.0.